The van der Waals surface area contributed by atoms with Gasteiger partial charge in [0.2, 0.25) is 0 Å². The summed E-state index contributed by atoms with van der Waals surface area (Å²) in [5.41, 5.74) is 8.16. The monoisotopic (exact) mass is 443 g/mol. The first-order valence-electron chi connectivity index (χ1n) is 11.3. The van der Waals surface area contributed by atoms with E-state index in [0.717, 1.165) is 22.8 Å². The molecule has 0 N–H and O–H groups in total. The molecule has 0 aliphatic carbocycles. The smallest absolute Gasteiger partial charge is 0.159 e. The van der Waals surface area contributed by atoms with Crippen molar-refractivity contribution < 1.29 is 0 Å². The maximum absolute atomic E-state index is 5.16. The lowest BCUT2D eigenvalue weighted by atomic mass is 10.1. The third-order valence-electron chi connectivity index (χ3n) is 7.00. The van der Waals surface area contributed by atoms with Crippen LogP contribution in [0.3, 0.4) is 0 Å². The Morgan fingerprint density at radius 2 is 1.70 bits per heavy atom. The third kappa shape index (κ3) is 2.81. The number of aromatic nitrogens is 3. The highest BCUT2D eigenvalue weighted by atomic mass is 28.3. The van der Waals surface area contributed by atoms with Crippen molar-refractivity contribution in [3.05, 3.63) is 96.8 Å². The van der Waals surface area contributed by atoms with Crippen molar-refractivity contribution in [3.63, 3.8) is 0 Å². The van der Waals surface area contributed by atoms with Crippen molar-refractivity contribution in [1.29, 1.82) is 0 Å². The average molecular weight is 444 g/mol. The van der Waals surface area contributed by atoms with E-state index in [2.05, 4.69) is 104 Å². The van der Waals surface area contributed by atoms with E-state index in [9.17, 15) is 0 Å². The maximum atomic E-state index is 5.16. The Bertz CT molecular complexity index is 1580. The Morgan fingerprint density at radius 1 is 0.909 bits per heavy atom. The molecule has 0 saturated heterocycles. The van der Waals surface area contributed by atoms with E-state index in [4.69, 9.17) is 9.97 Å². The molecule has 0 saturated carbocycles. The van der Waals surface area contributed by atoms with Crippen LogP contribution in [0.2, 0.25) is 13.1 Å². The second kappa shape index (κ2) is 7.12. The van der Waals surface area contributed by atoms with Crippen LogP contribution in [0.4, 0.5) is 0 Å². The summed E-state index contributed by atoms with van der Waals surface area (Å²) in [6.45, 7) is 11.0. The fourth-order valence-electron chi connectivity index (χ4n) is 5.31. The molecule has 0 radical (unpaired) electrons. The first kappa shape index (κ1) is 19.9. The third-order valence-corrected chi connectivity index (χ3v) is 10.3. The van der Waals surface area contributed by atoms with Gasteiger partial charge in [0.25, 0.3) is 0 Å². The lowest BCUT2D eigenvalue weighted by Gasteiger charge is -2.17. The van der Waals surface area contributed by atoms with E-state index in [1.165, 1.54) is 38.1 Å². The number of nitrogens with zero attached hydrogens (tertiary/aromatic N) is 3. The lowest BCUT2D eigenvalue weighted by molar-refractivity contribution is 1.09. The average Bonchev–Trinajstić information content (AvgIpc) is 3.27. The van der Waals surface area contributed by atoms with Crippen LogP contribution in [0.5, 0.6) is 0 Å². The van der Waals surface area contributed by atoms with Gasteiger partial charge in [-0.25, -0.2) is 9.97 Å². The predicted molar refractivity (Wildman–Crippen MR) is 141 cm³/mol. The number of hydrogen-bond donors (Lipinski definition) is 0. The fourth-order valence-corrected chi connectivity index (χ4v) is 8.23. The van der Waals surface area contributed by atoms with Gasteiger partial charge in [-0.3, -0.25) is 0 Å². The molecular formula is C29H25N3Si. The number of benzene rings is 3. The van der Waals surface area contributed by atoms with Crippen LogP contribution >= 0.6 is 0 Å². The molecule has 3 aromatic carbocycles. The summed E-state index contributed by atoms with van der Waals surface area (Å²) in [6, 6.07) is 25.8. The van der Waals surface area contributed by atoms with Crippen molar-refractivity contribution in [1.82, 2.24) is 14.5 Å². The summed E-state index contributed by atoms with van der Waals surface area (Å²) in [5.74, 6) is 0.789. The number of rotatable bonds is 3. The molecule has 160 valence electrons. The van der Waals surface area contributed by atoms with Gasteiger partial charge in [-0.1, -0.05) is 74.3 Å². The van der Waals surface area contributed by atoms with E-state index in [0.29, 0.717) is 0 Å². The molecule has 33 heavy (non-hydrogen) atoms. The SMILES string of the molecule is C=Cc1c(C)c2ccccc2n1-c1cccc(-c2ncc3c(n2)[Si](C)(C)c2ccccc2-3)c1. The van der Waals surface area contributed by atoms with E-state index < -0.39 is 8.07 Å². The molecule has 1 aliphatic heterocycles. The Morgan fingerprint density at radius 3 is 2.55 bits per heavy atom. The second-order valence-corrected chi connectivity index (χ2v) is 13.5. The topological polar surface area (TPSA) is 30.7 Å². The highest BCUT2D eigenvalue weighted by Crippen LogP contribution is 2.32. The molecule has 0 atom stereocenters. The Kier molecular flexibility index (Phi) is 4.29. The molecule has 6 rings (SSSR count). The van der Waals surface area contributed by atoms with Crippen LogP contribution in [0.15, 0.2) is 85.6 Å². The molecule has 0 bridgehead atoms. The number of hydrogen-bond acceptors (Lipinski definition) is 2. The largest absolute Gasteiger partial charge is 0.310 e. The normalized spacial score (nSPS) is 13.7. The van der Waals surface area contributed by atoms with Gasteiger partial charge in [0.1, 0.15) is 8.07 Å². The van der Waals surface area contributed by atoms with Gasteiger partial charge in [0.05, 0.1) is 5.52 Å². The van der Waals surface area contributed by atoms with Crippen LogP contribution in [0.1, 0.15) is 11.3 Å². The molecule has 3 heterocycles. The molecule has 1 aliphatic rings. The van der Waals surface area contributed by atoms with Gasteiger partial charge in [0.15, 0.2) is 5.82 Å². The minimum atomic E-state index is -1.84. The molecule has 0 amide bonds. The van der Waals surface area contributed by atoms with Crippen LogP contribution in [0.25, 0.3) is 45.2 Å². The molecular weight excluding hydrogens is 418 g/mol. The summed E-state index contributed by atoms with van der Waals surface area (Å²) < 4.78 is 2.28. The van der Waals surface area contributed by atoms with E-state index in [1.807, 2.05) is 12.3 Å². The summed E-state index contributed by atoms with van der Waals surface area (Å²) >= 11 is 0. The van der Waals surface area contributed by atoms with Gasteiger partial charge >= 0.3 is 0 Å². The number of fused-ring (bicyclic) bond motifs is 4. The summed E-state index contributed by atoms with van der Waals surface area (Å²) in [7, 11) is -1.84. The van der Waals surface area contributed by atoms with Crippen molar-refractivity contribution >= 4 is 35.6 Å². The Hall–Kier alpha value is -3.76. The fraction of sp³-hybridized carbons (Fsp3) is 0.103. The second-order valence-electron chi connectivity index (χ2n) is 9.24. The molecule has 0 unspecified atom stereocenters. The molecule has 4 heteroatoms. The maximum Gasteiger partial charge on any atom is 0.159 e. The first-order chi connectivity index (χ1) is 16.0. The Balaban J connectivity index is 1.51. The zero-order valence-corrected chi connectivity index (χ0v) is 20.1. The van der Waals surface area contributed by atoms with Gasteiger partial charge in [-0.15, -0.1) is 0 Å². The zero-order chi connectivity index (χ0) is 22.7. The summed E-state index contributed by atoms with van der Waals surface area (Å²) in [6.07, 6.45) is 3.97. The van der Waals surface area contributed by atoms with Crippen molar-refractivity contribution in [3.8, 4) is 28.2 Å². The van der Waals surface area contributed by atoms with E-state index in [-0.39, 0.29) is 0 Å². The first-order valence-corrected chi connectivity index (χ1v) is 14.3. The minimum absolute atomic E-state index is 0.789. The highest BCUT2D eigenvalue weighted by molar-refractivity contribution is 7.03. The Labute approximate surface area is 195 Å². The quantitative estimate of drug-likeness (QED) is 0.328. The molecule has 3 nitrogen and oxygen atoms in total. The van der Waals surface area contributed by atoms with Crippen molar-refractivity contribution in [2.75, 3.05) is 0 Å². The molecule has 0 spiro atoms. The highest BCUT2D eigenvalue weighted by Gasteiger charge is 2.39. The minimum Gasteiger partial charge on any atom is -0.310 e. The van der Waals surface area contributed by atoms with Gasteiger partial charge in [-0.05, 0) is 47.5 Å². The standard InChI is InChI=1S/C29H25N3Si/c1-5-25-19(2)22-13-6-8-15-26(22)32(25)21-12-10-11-20(17-21)28-30-18-24-23-14-7-9-16-27(23)33(3,4)29(24)31-28/h5-18H,1H2,2-4H3. The predicted octanol–water partition coefficient (Wildman–Crippen LogP) is 5.84. The van der Waals surface area contributed by atoms with Crippen molar-refractivity contribution in [2.24, 2.45) is 0 Å². The zero-order valence-electron chi connectivity index (χ0n) is 19.1. The summed E-state index contributed by atoms with van der Waals surface area (Å²) in [5, 5.41) is 3.93. The molecule has 2 aromatic heterocycles. The summed E-state index contributed by atoms with van der Waals surface area (Å²) in [4.78, 5) is 9.97. The molecule has 0 fully saturated rings. The van der Waals surface area contributed by atoms with Gasteiger partial charge < -0.3 is 4.57 Å². The van der Waals surface area contributed by atoms with Crippen molar-refractivity contribution in [2.45, 2.75) is 20.0 Å². The van der Waals surface area contributed by atoms with E-state index >= 15 is 0 Å². The van der Waals surface area contributed by atoms with E-state index in [1.54, 1.807) is 0 Å². The van der Waals surface area contributed by atoms with Gasteiger partial charge in [-0.2, -0.15) is 0 Å². The van der Waals surface area contributed by atoms with Crippen LogP contribution < -0.4 is 10.5 Å². The molecule has 5 aromatic rings. The van der Waals surface area contributed by atoms with Crippen LogP contribution in [-0.2, 0) is 0 Å². The number of aryl methyl sites for hydroxylation is 1. The lowest BCUT2D eigenvalue weighted by Crippen LogP contribution is -2.50. The van der Waals surface area contributed by atoms with Crippen LogP contribution in [0, 0.1) is 6.92 Å². The van der Waals surface area contributed by atoms with Crippen LogP contribution in [-0.4, -0.2) is 22.6 Å². The van der Waals surface area contributed by atoms with Gasteiger partial charge in [0, 0.05) is 39.4 Å². The number of para-hydroxylation sites is 1.